The first-order chi connectivity index (χ1) is 12.8. The smallest absolute Gasteiger partial charge is 0.238 e. The molecule has 0 spiro atoms. The third kappa shape index (κ3) is 5.78. The Bertz CT molecular complexity index is 738. The van der Waals surface area contributed by atoms with Gasteiger partial charge in [-0.2, -0.15) is 5.26 Å². The number of nitriles is 1. The molecule has 0 saturated heterocycles. The van der Waals surface area contributed by atoms with Crippen LogP contribution in [-0.4, -0.2) is 41.9 Å². The second-order valence-electron chi connectivity index (χ2n) is 7.34. The fourth-order valence-electron chi connectivity index (χ4n) is 3.28. The molecule has 27 heavy (non-hydrogen) atoms. The average Bonchev–Trinajstić information content (AvgIpc) is 2.64. The fourth-order valence-corrected chi connectivity index (χ4v) is 3.76. The summed E-state index contributed by atoms with van der Waals surface area (Å²) in [5.41, 5.74) is 0.945. The zero-order valence-electron chi connectivity index (χ0n) is 16.1. The zero-order chi connectivity index (χ0) is 20.0. The van der Waals surface area contributed by atoms with Crippen LogP contribution >= 0.6 is 15.9 Å². The van der Waals surface area contributed by atoms with E-state index in [1.807, 2.05) is 25.1 Å². The van der Waals surface area contributed by atoms with Crippen LogP contribution in [0.15, 0.2) is 22.7 Å². The van der Waals surface area contributed by atoms with Gasteiger partial charge in [-0.05, 0) is 57.5 Å². The van der Waals surface area contributed by atoms with Gasteiger partial charge in [0.1, 0.15) is 5.54 Å². The molecule has 0 aliphatic heterocycles. The quantitative estimate of drug-likeness (QED) is 0.718. The maximum atomic E-state index is 12.6. The lowest BCUT2D eigenvalue weighted by Crippen LogP contribution is -2.55. The molecule has 0 aromatic heterocycles. The first-order valence-electron chi connectivity index (χ1n) is 9.26. The lowest BCUT2D eigenvalue weighted by atomic mass is 9.82. The predicted molar refractivity (Wildman–Crippen MR) is 109 cm³/mol. The van der Waals surface area contributed by atoms with Crippen molar-refractivity contribution in [2.75, 3.05) is 18.9 Å². The van der Waals surface area contributed by atoms with Crippen LogP contribution in [0.2, 0.25) is 0 Å². The molecule has 1 saturated carbocycles. The number of aryl methyl sites for hydroxylation is 1. The van der Waals surface area contributed by atoms with Crippen molar-refractivity contribution in [3.8, 4) is 6.07 Å². The molecule has 1 aromatic rings. The summed E-state index contributed by atoms with van der Waals surface area (Å²) in [5.74, 6) is -0.399. The number of carbonyl (C=O) groups is 2. The van der Waals surface area contributed by atoms with Crippen molar-refractivity contribution in [2.45, 2.75) is 57.5 Å². The predicted octanol–water partition coefficient (Wildman–Crippen LogP) is 3.36. The minimum atomic E-state index is -0.763. The fraction of sp³-hybridized carbons (Fsp3) is 0.550. The SMILES string of the molecule is Cc1cc(Br)ccc1NC(=O)CN(C)C(C)C(=O)NC1(C#N)CCCCC1. The van der Waals surface area contributed by atoms with Crippen LogP contribution in [0.1, 0.15) is 44.6 Å². The van der Waals surface area contributed by atoms with Gasteiger partial charge in [0.25, 0.3) is 0 Å². The van der Waals surface area contributed by atoms with Crippen LogP contribution in [-0.2, 0) is 9.59 Å². The summed E-state index contributed by atoms with van der Waals surface area (Å²) in [5, 5.41) is 15.3. The number of hydrogen-bond acceptors (Lipinski definition) is 4. The number of rotatable bonds is 6. The maximum Gasteiger partial charge on any atom is 0.238 e. The Morgan fingerprint density at radius 3 is 2.59 bits per heavy atom. The number of benzene rings is 1. The molecule has 1 fully saturated rings. The molecule has 7 heteroatoms. The number of carbonyl (C=O) groups excluding carboxylic acids is 2. The van der Waals surface area contributed by atoms with Gasteiger partial charge in [0.15, 0.2) is 0 Å². The maximum absolute atomic E-state index is 12.6. The number of likely N-dealkylation sites (N-methyl/N-ethyl adjacent to an activating group) is 1. The zero-order valence-corrected chi connectivity index (χ0v) is 17.7. The number of nitrogens with zero attached hydrogens (tertiary/aromatic N) is 2. The van der Waals surface area contributed by atoms with E-state index in [9.17, 15) is 14.9 Å². The van der Waals surface area contributed by atoms with Gasteiger partial charge in [-0.1, -0.05) is 35.2 Å². The Kier molecular flexibility index (Phi) is 7.40. The van der Waals surface area contributed by atoms with Crippen molar-refractivity contribution < 1.29 is 9.59 Å². The molecule has 0 bridgehead atoms. The standard InChI is InChI=1S/C20H27BrN4O2/c1-14-11-16(21)7-8-17(14)23-18(26)12-25(3)15(2)19(27)24-20(13-22)9-5-4-6-10-20/h7-8,11,15H,4-6,9-10,12H2,1-3H3,(H,23,26)(H,24,27). The highest BCUT2D eigenvalue weighted by Gasteiger charge is 2.35. The van der Waals surface area contributed by atoms with Crippen molar-refractivity contribution in [3.05, 3.63) is 28.2 Å². The molecule has 1 aliphatic rings. The number of anilines is 1. The van der Waals surface area contributed by atoms with Gasteiger partial charge >= 0.3 is 0 Å². The Hall–Kier alpha value is -1.91. The highest BCUT2D eigenvalue weighted by molar-refractivity contribution is 9.10. The van der Waals surface area contributed by atoms with E-state index in [0.29, 0.717) is 12.8 Å². The van der Waals surface area contributed by atoms with Crippen molar-refractivity contribution in [2.24, 2.45) is 0 Å². The monoisotopic (exact) mass is 434 g/mol. The molecular weight excluding hydrogens is 408 g/mol. The first-order valence-corrected chi connectivity index (χ1v) is 10.1. The molecule has 0 heterocycles. The van der Waals surface area contributed by atoms with E-state index in [2.05, 4.69) is 32.6 Å². The number of amides is 2. The summed E-state index contributed by atoms with van der Waals surface area (Å²) in [6.07, 6.45) is 4.38. The van der Waals surface area contributed by atoms with Crippen LogP contribution in [0.5, 0.6) is 0 Å². The van der Waals surface area contributed by atoms with Crippen molar-refractivity contribution in [3.63, 3.8) is 0 Å². The van der Waals surface area contributed by atoms with E-state index in [1.54, 1.807) is 18.9 Å². The third-order valence-corrected chi connectivity index (χ3v) is 5.67. The van der Waals surface area contributed by atoms with Gasteiger partial charge in [0, 0.05) is 10.2 Å². The number of nitrogens with one attached hydrogen (secondary N) is 2. The first kappa shape index (κ1) is 21.4. The van der Waals surface area contributed by atoms with E-state index >= 15 is 0 Å². The molecule has 1 aliphatic carbocycles. The van der Waals surface area contributed by atoms with Crippen LogP contribution < -0.4 is 10.6 Å². The van der Waals surface area contributed by atoms with Gasteiger partial charge in [0.2, 0.25) is 11.8 Å². The highest BCUT2D eigenvalue weighted by Crippen LogP contribution is 2.27. The van der Waals surface area contributed by atoms with Crippen molar-refractivity contribution in [1.29, 1.82) is 5.26 Å². The molecule has 146 valence electrons. The van der Waals surface area contributed by atoms with E-state index in [0.717, 1.165) is 35.0 Å². The summed E-state index contributed by atoms with van der Waals surface area (Å²) in [4.78, 5) is 26.6. The van der Waals surface area contributed by atoms with Crippen LogP contribution in [0.4, 0.5) is 5.69 Å². The number of halogens is 1. The van der Waals surface area contributed by atoms with Crippen LogP contribution in [0.3, 0.4) is 0 Å². The summed E-state index contributed by atoms with van der Waals surface area (Å²) < 4.78 is 0.953. The highest BCUT2D eigenvalue weighted by atomic mass is 79.9. The normalized spacial score (nSPS) is 17.0. The molecular formula is C20H27BrN4O2. The second-order valence-corrected chi connectivity index (χ2v) is 8.26. The molecule has 2 amide bonds. The topological polar surface area (TPSA) is 85.2 Å². The average molecular weight is 435 g/mol. The summed E-state index contributed by atoms with van der Waals surface area (Å²) in [6, 6.07) is 7.43. The van der Waals surface area contributed by atoms with E-state index in [4.69, 9.17) is 0 Å². The molecule has 1 unspecified atom stereocenters. The Morgan fingerprint density at radius 2 is 2.00 bits per heavy atom. The second kappa shape index (κ2) is 9.34. The van der Waals surface area contributed by atoms with E-state index in [-0.39, 0.29) is 18.4 Å². The van der Waals surface area contributed by atoms with Crippen LogP contribution in [0.25, 0.3) is 0 Å². The molecule has 6 nitrogen and oxygen atoms in total. The largest absolute Gasteiger partial charge is 0.336 e. The summed E-state index contributed by atoms with van der Waals surface area (Å²) >= 11 is 3.40. The minimum absolute atomic E-state index is 0.0869. The molecule has 1 aromatic carbocycles. The van der Waals surface area contributed by atoms with Gasteiger partial charge in [0.05, 0.1) is 18.7 Å². The lowest BCUT2D eigenvalue weighted by Gasteiger charge is -2.34. The van der Waals surface area contributed by atoms with E-state index in [1.165, 1.54) is 0 Å². The summed E-state index contributed by atoms with van der Waals surface area (Å²) in [7, 11) is 1.73. The molecule has 2 N–H and O–H groups in total. The van der Waals surface area contributed by atoms with Gasteiger partial charge in [-0.3, -0.25) is 14.5 Å². The van der Waals surface area contributed by atoms with Gasteiger partial charge in [-0.25, -0.2) is 0 Å². The molecule has 2 rings (SSSR count). The van der Waals surface area contributed by atoms with Crippen LogP contribution in [0, 0.1) is 18.3 Å². The van der Waals surface area contributed by atoms with E-state index < -0.39 is 11.6 Å². The number of hydrogen-bond donors (Lipinski definition) is 2. The van der Waals surface area contributed by atoms with Gasteiger partial charge in [-0.15, -0.1) is 0 Å². The van der Waals surface area contributed by atoms with Crippen molar-refractivity contribution >= 4 is 33.4 Å². The Morgan fingerprint density at radius 1 is 1.33 bits per heavy atom. The third-order valence-electron chi connectivity index (χ3n) is 5.18. The summed E-state index contributed by atoms with van der Waals surface area (Å²) in [6.45, 7) is 3.76. The molecule has 0 radical (unpaired) electrons. The minimum Gasteiger partial charge on any atom is -0.336 e. The molecule has 1 atom stereocenters. The van der Waals surface area contributed by atoms with Crippen molar-refractivity contribution in [1.82, 2.24) is 10.2 Å². The lowest BCUT2D eigenvalue weighted by molar-refractivity contribution is -0.128. The Labute approximate surface area is 169 Å². The van der Waals surface area contributed by atoms with Gasteiger partial charge < -0.3 is 10.6 Å². The Balaban J connectivity index is 1.91.